The fourth-order valence-corrected chi connectivity index (χ4v) is 3.88. The zero-order chi connectivity index (χ0) is 19.9. The average Bonchev–Trinajstić information content (AvgIpc) is 2.68. The zero-order valence-corrected chi connectivity index (χ0v) is 16.9. The highest BCUT2D eigenvalue weighted by Gasteiger charge is 2.26. The second-order valence-electron chi connectivity index (χ2n) is 7.31. The highest BCUT2D eigenvalue weighted by molar-refractivity contribution is 6.30. The van der Waals surface area contributed by atoms with E-state index in [0.717, 1.165) is 43.3 Å². The number of hydrogen-bond donors (Lipinski definition) is 2. The molecule has 0 aliphatic carbocycles. The lowest BCUT2D eigenvalue weighted by Crippen LogP contribution is -3.13. The van der Waals surface area contributed by atoms with Gasteiger partial charge in [0.2, 0.25) is 11.8 Å². The number of rotatable bonds is 6. The lowest BCUT2D eigenvalue weighted by Gasteiger charge is -2.33. The zero-order valence-electron chi connectivity index (χ0n) is 16.2. The monoisotopic (exact) mass is 400 g/mol. The third-order valence-electron chi connectivity index (χ3n) is 5.12. The molecule has 2 N–H and O–H groups in total. The number of piperazine rings is 1. The van der Waals surface area contributed by atoms with Gasteiger partial charge in [-0.1, -0.05) is 54.1 Å². The molecule has 0 saturated carbocycles. The molecule has 1 fully saturated rings. The van der Waals surface area contributed by atoms with E-state index < -0.39 is 0 Å². The van der Waals surface area contributed by atoms with Crippen molar-refractivity contribution in [3.05, 3.63) is 70.7 Å². The summed E-state index contributed by atoms with van der Waals surface area (Å²) in [7, 11) is 0. The second-order valence-corrected chi connectivity index (χ2v) is 7.74. The number of benzene rings is 2. The molecule has 2 aromatic rings. The highest BCUT2D eigenvalue weighted by atomic mass is 35.5. The Bertz CT molecular complexity index is 804. The first-order valence-corrected chi connectivity index (χ1v) is 10.1. The van der Waals surface area contributed by atoms with E-state index in [-0.39, 0.29) is 24.3 Å². The normalized spacial score (nSPS) is 15.9. The van der Waals surface area contributed by atoms with E-state index in [4.69, 9.17) is 11.6 Å². The van der Waals surface area contributed by atoms with E-state index in [0.29, 0.717) is 0 Å². The molecule has 3 rings (SSSR count). The Labute approximate surface area is 171 Å². The molecule has 2 aromatic carbocycles. The Morgan fingerprint density at radius 2 is 1.82 bits per heavy atom. The van der Waals surface area contributed by atoms with Crippen LogP contribution in [0.4, 0.5) is 0 Å². The minimum absolute atomic E-state index is 0.0874. The van der Waals surface area contributed by atoms with Gasteiger partial charge in [-0.3, -0.25) is 9.59 Å². The third-order valence-corrected chi connectivity index (χ3v) is 5.36. The fraction of sp³-hybridized carbons (Fsp3) is 0.364. The number of carbonyl (C=O) groups excluding carboxylic acids is 2. The number of quaternary nitrogens is 1. The minimum Gasteiger partial charge on any atom is -0.349 e. The van der Waals surface area contributed by atoms with Crippen LogP contribution in [0.3, 0.4) is 0 Å². The van der Waals surface area contributed by atoms with Crippen molar-refractivity contribution in [3.8, 4) is 0 Å². The Hall–Kier alpha value is -2.37. The first-order valence-electron chi connectivity index (χ1n) is 9.69. The Balaban J connectivity index is 1.54. The summed E-state index contributed by atoms with van der Waals surface area (Å²) in [5.41, 5.74) is 2.17. The van der Waals surface area contributed by atoms with Gasteiger partial charge >= 0.3 is 0 Å². The summed E-state index contributed by atoms with van der Waals surface area (Å²) in [6, 6.07) is 17.3. The van der Waals surface area contributed by atoms with E-state index in [2.05, 4.69) is 11.4 Å². The summed E-state index contributed by atoms with van der Waals surface area (Å²) in [6.45, 7) is 5.69. The number of nitrogens with one attached hydrogen (secondary N) is 2. The molecule has 1 aliphatic heterocycles. The predicted molar refractivity (Wildman–Crippen MR) is 110 cm³/mol. The Morgan fingerprint density at radius 3 is 2.46 bits per heavy atom. The van der Waals surface area contributed by atoms with Crippen molar-refractivity contribution >= 4 is 23.4 Å². The SMILES string of the molecule is CC(=O)N[C@@H](CC(=O)N1CC[NH+](Cc2cccc(Cl)c2)CC1)c1ccccc1. The molecule has 0 spiro atoms. The minimum atomic E-state index is -0.289. The van der Waals surface area contributed by atoms with Gasteiger partial charge in [-0.15, -0.1) is 0 Å². The topological polar surface area (TPSA) is 53.9 Å². The molecule has 148 valence electrons. The first-order chi connectivity index (χ1) is 13.5. The maximum atomic E-state index is 12.8. The molecule has 0 bridgehead atoms. The van der Waals surface area contributed by atoms with E-state index in [9.17, 15) is 9.59 Å². The Kier molecular flexibility index (Phi) is 7.06. The summed E-state index contributed by atoms with van der Waals surface area (Å²) < 4.78 is 0. The molecule has 1 atom stereocenters. The van der Waals surface area contributed by atoms with Crippen LogP contribution in [0, 0.1) is 0 Å². The van der Waals surface area contributed by atoms with Crippen LogP contribution in [0.1, 0.15) is 30.5 Å². The van der Waals surface area contributed by atoms with Crippen LogP contribution in [0.25, 0.3) is 0 Å². The maximum absolute atomic E-state index is 12.8. The molecular weight excluding hydrogens is 374 g/mol. The van der Waals surface area contributed by atoms with E-state index in [1.54, 1.807) is 0 Å². The molecule has 2 amide bonds. The fourth-order valence-electron chi connectivity index (χ4n) is 3.67. The molecule has 28 heavy (non-hydrogen) atoms. The molecule has 0 unspecified atom stereocenters. The van der Waals surface area contributed by atoms with E-state index in [1.807, 2.05) is 53.4 Å². The largest absolute Gasteiger partial charge is 0.349 e. The van der Waals surface area contributed by atoms with Crippen molar-refractivity contribution in [2.45, 2.75) is 25.9 Å². The standard InChI is InChI=1S/C22H26ClN3O2/c1-17(27)24-21(19-7-3-2-4-8-19)15-22(28)26-12-10-25(11-13-26)16-18-6-5-9-20(23)14-18/h2-9,14,21H,10-13,15-16H2,1H3,(H,24,27)/p+1/t21-/m0/s1. The summed E-state index contributed by atoms with van der Waals surface area (Å²) >= 11 is 6.07. The van der Waals surface area contributed by atoms with E-state index >= 15 is 0 Å². The molecular formula is C22H27ClN3O2+. The van der Waals surface area contributed by atoms with Crippen molar-refractivity contribution in [1.29, 1.82) is 0 Å². The summed E-state index contributed by atoms with van der Waals surface area (Å²) in [5.74, 6) is -0.0400. The van der Waals surface area contributed by atoms with Crippen molar-refractivity contribution < 1.29 is 14.5 Å². The smallest absolute Gasteiger partial charge is 0.225 e. The molecule has 1 heterocycles. The summed E-state index contributed by atoms with van der Waals surface area (Å²) in [5, 5.41) is 3.67. The molecule has 1 saturated heterocycles. The number of halogens is 1. The summed E-state index contributed by atoms with van der Waals surface area (Å²) in [6.07, 6.45) is 0.285. The lowest BCUT2D eigenvalue weighted by atomic mass is 10.0. The van der Waals surface area contributed by atoms with Gasteiger partial charge in [-0.2, -0.15) is 0 Å². The van der Waals surface area contributed by atoms with Crippen molar-refractivity contribution in [1.82, 2.24) is 10.2 Å². The lowest BCUT2D eigenvalue weighted by molar-refractivity contribution is -0.917. The number of nitrogens with zero attached hydrogens (tertiary/aromatic N) is 1. The van der Waals surface area contributed by atoms with Crippen LogP contribution in [-0.4, -0.2) is 42.9 Å². The maximum Gasteiger partial charge on any atom is 0.225 e. The van der Waals surface area contributed by atoms with Crippen molar-refractivity contribution in [2.75, 3.05) is 26.2 Å². The van der Waals surface area contributed by atoms with Gasteiger partial charge in [0, 0.05) is 17.5 Å². The molecule has 5 nitrogen and oxygen atoms in total. The van der Waals surface area contributed by atoms with Gasteiger partial charge in [0.25, 0.3) is 0 Å². The van der Waals surface area contributed by atoms with Gasteiger partial charge in [-0.25, -0.2) is 0 Å². The van der Waals surface area contributed by atoms with Gasteiger partial charge in [0.05, 0.1) is 38.6 Å². The van der Waals surface area contributed by atoms with Crippen LogP contribution in [0.2, 0.25) is 5.02 Å². The van der Waals surface area contributed by atoms with Gasteiger partial charge in [-0.05, 0) is 17.7 Å². The number of carbonyl (C=O) groups is 2. The van der Waals surface area contributed by atoms with Gasteiger partial charge in [0.15, 0.2) is 0 Å². The van der Waals surface area contributed by atoms with Crippen LogP contribution in [0.15, 0.2) is 54.6 Å². The average molecular weight is 401 g/mol. The van der Waals surface area contributed by atoms with Crippen LogP contribution >= 0.6 is 11.6 Å². The van der Waals surface area contributed by atoms with Crippen molar-refractivity contribution in [3.63, 3.8) is 0 Å². The quantitative estimate of drug-likeness (QED) is 0.777. The van der Waals surface area contributed by atoms with Crippen LogP contribution in [0.5, 0.6) is 0 Å². The van der Waals surface area contributed by atoms with Crippen LogP contribution in [-0.2, 0) is 16.1 Å². The number of hydrogen-bond acceptors (Lipinski definition) is 2. The summed E-state index contributed by atoms with van der Waals surface area (Å²) in [4.78, 5) is 27.8. The van der Waals surface area contributed by atoms with Crippen LogP contribution < -0.4 is 10.2 Å². The van der Waals surface area contributed by atoms with E-state index in [1.165, 1.54) is 17.4 Å². The molecule has 1 aliphatic rings. The molecule has 6 heteroatoms. The van der Waals surface area contributed by atoms with Gasteiger partial charge in [0.1, 0.15) is 6.54 Å². The Morgan fingerprint density at radius 1 is 1.11 bits per heavy atom. The van der Waals surface area contributed by atoms with Crippen molar-refractivity contribution in [2.24, 2.45) is 0 Å². The highest BCUT2D eigenvalue weighted by Crippen LogP contribution is 2.18. The second kappa shape index (κ2) is 9.71. The molecule has 0 radical (unpaired) electrons. The number of amides is 2. The van der Waals surface area contributed by atoms with Gasteiger partial charge < -0.3 is 15.1 Å². The first kappa shape index (κ1) is 20.4. The molecule has 0 aromatic heterocycles. The predicted octanol–water partition coefficient (Wildman–Crippen LogP) is 1.83. The third kappa shape index (κ3) is 5.81.